The summed E-state index contributed by atoms with van der Waals surface area (Å²) in [6, 6.07) is 11.0. The van der Waals surface area contributed by atoms with Crippen LogP contribution in [0.5, 0.6) is 0 Å². The maximum atomic E-state index is 12.9. The van der Waals surface area contributed by atoms with Crippen LogP contribution in [0.15, 0.2) is 58.6 Å². The van der Waals surface area contributed by atoms with Crippen molar-refractivity contribution in [2.24, 2.45) is 0 Å². The number of aryl methyl sites for hydroxylation is 1. The van der Waals surface area contributed by atoms with Crippen molar-refractivity contribution in [2.75, 3.05) is 24.5 Å². The number of amides is 1. The van der Waals surface area contributed by atoms with E-state index in [9.17, 15) is 13.2 Å². The van der Waals surface area contributed by atoms with Crippen molar-refractivity contribution in [3.63, 3.8) is 0 Å². The molecule has 0 radical (unpaired) electrons. The Kier molecular flexibility index (Phi) is 5.36. The molecule has 7 heteroatoms. The van der Waals surface area contributed by atoms with Crippen LogP contribution in [-0.2, 0) is 21.2 Å². The molecule has 2 aromatic rings. The minimum absolute atomic E-state index is 0.0987. The molecule has 1 aromatic carbocycles. The van der Waals surface area contributed by atoms with Crippen LogP contribution in [-0.4, -0.2) is 38.3 Å². The number of nitrogens with zero attached hydrogens (tertiary/aromatic N) is 2. The molecule has 0 spiro atoms. The maximum absolute atomic E-state index is 12.9. The molecule has 1 amide bonds. The van der Waals surface area contributed by atoms with Crippen molar-refractivity contribution in [1.82, 2.24) is 4.31 Å². The van der Waals surface area contributed by atoms with E-state index in [0.29, 0.717) is 6.54 Å². The molecule has 1 aliphatic rings. The third-order valence-corrected chi connectivity index (χ3v) is 7.33. The van der Waals surface area contributed by atoms with E-state index in [-0.39, 0.29) is 23.2 Å². The second-order valence-electron chi connectivity index (χ2n) is 5.80. The standard InChI is InChI=1S/C18H20N2O3S2/c1-2-11-19(25(22,23)18-10-6-13-24-18)14-17(21)20-12-5-8-15-7-3-4-9-16(15)20/h2-4,6-7,9-10,13H,1,5,8,11-12,14H2. The third kappa shape index (κ3) is 3.68. The van der Waals surface area contributed by atoms with Crippen LogP contribution >= 0.6 is 11.3 Å². The monoisotopic (exact) mass is 376 g/mol. The summed E-state index contributed by atoms with van der Waals surface area (Å²) in [4.78, 5) is 14.5. The molecule has 0 atom stereocenters. The third-order valence-electron chi connectivity index (χ3n) is 4.14. The molecule has 0 fully saturated rings. The lowest BCUT2D eigenvalue weighted by Crippen LogP contribution is -2.44. The minimum Gasteiger partial charge on any atom is -0.311 e. The molecule has 25 heavy (non-hydrogen) atoms. The highest BCUT2D eigenvalue weighted by atomic mass is 32.2. The Morgan fingerprint density at radius 1 is 1.28 bits per heavy atom. The largest absolute Gasteiger partial charge is 0.311 e. The summed E-state index contributed by atoms with van der Waals surface area (Å²) in [5, 5.41) is 1.71. The average molecular weight is 377 g/mol. The summed E-state index contributed by atoms with van der Waals surface area (Å²) in [5.41, 5.74) is 2.00. The number of rotatable bonds is 6. The van der Waals surface area contributed by atoms with Gasteiger partial charge in [-0.3, -0.25) is 4.79 Å². The van der Waals surface area contributed by atoms with Crippen LogP contribution < -0.4 is 4.90 Å². The highest BCUT2D eigenvalue weighted by Gasteiger charge is 2.30. The zero-order valence-corrected chi connectivity index (χ0v) is 15.4. The van der Waals surface area contributed by atoms with Gasteiger partial charge in [-0.2, -0.15) is 4.31 Å². The fraction of sp³-hybridized carbons (Fsp3) is 0.278. The van der Waals surface area contributed by atoms with Crippen molar-refractivity contribution in [1.29, 1.82) is 0 Å². The molecule has 0 aliphatic carbocycles. The number of benzene rings is 1. The Bertz CT molecular complexity index is 860. The van der Waals surface area contributed by atoms with Crippen LogP contribution in [0.25, 0.3) is 0 Å². The van der Waals surface area contributed by atoms with Gasteiger partial charge in [-0.15, -0.1) is 17.9 Å². The molecular weight excluding hydrogens is 356 g/mol. The van der Waals surface area contributed by atoms with E-state index in [1.54, 1.807) is 22.4 Å². The van der Waals surface area contributed by atoms with E-state index < -0.39 is 10.0 Å². The molecule has 132 valence electrons. The zero-order chi connectivity index (χ0) is 17.9. The van der Waals surface area contributed by atoms with Gasteiger partial charge in [0.15, 0.2) is 0 Å². The first-order valence-corrected chi connectivity index (χ1v) is 10.4. The van der Waals surface area contributed by atoms with Gasteiger partial charge in [0.1, 0.15) is 4.21 Å². The van der Waals surface area contributed by atoms with Gasteiger partial charge in [0.05, 0.1) is 6.54 Å². The summed E-state index contributed by atoms with van der Waals surface area (Å²) < 4.78 is 27.0. The van der Waals surface area contributed by atoms with Crippen molar-refractivity contribution in [3.8, 4) is 0 Å². The Hall–Kier alpha value is -1.96. The lowest BCUT2D eigenvalue weighted by Gasteiger charge is -2.31. The molecule has 3 rings (SSSR count). The van der Waals surface area contributed by atoms with Crippen LogP contribution in [0.4, 0.5) is 5.69 Å². The van der Waals surface area contributed by atoms with Crippen LogP contribution in [0, 0.1) is 0 Å². The first kappa shape index (κ1) is 17.8. The fourth-order valence-corrected chi connectivity index (χ4v) is 5.46. The molecule has 0 saturated carbocycles. The van der Waals surface area contributed by atoms with Crippen LogP contribution in [0.3, 0.4) is 0 Å². The number of hydrogen-bond donors (Lipinski definition) is 0. The number of carbonyl (C=O) groups is 1. The molecule has 0 unspecified atom stereocenters. The number of sulfonamides is 1. The number of hydrogen-bond acceptors (Lipinski definition) is 4. The molecular formula is C18H20N2O3S2. The van der Waals surface area contributed by atoms with Gasteiger partial charge in [0.25, 0.3) is 10.0 Å². The topological polar surface area (TPSA) is 57.7 Å². The molecule has 0 saturated heterocycles. The van der Waals surface area contributed by atoms with E-state index in [4.69, 9.17) is 0 Å². The molecule has 2 heterocycles. The van der Waals surface area contributed by atoms with Crippen molar-refractivity contribution >= 4 is 33.0 Å². The first-order valence-electron chi connectivity index (χ1n) is 8.07. The van der Waals surface area contributed by atoms with Crippen LogP contribution in [0.2, 0.25) is 0 Å². The summed E-state index contributed by atoms with van der Waals surface area (Å²) in [6.45, 7) is 4.14. The van der Waals surface area contributed by atoms with E-state index >= 15 is 0 Å². The predicted molar refractivity (Wildman–Crippen MR) is 100 cm³/mol. The fourth-order valence-electron chi connectivity index (χ4n) is 2.96. The normalized spacial score (nSPS) is 14.4. The molecule has 1 aliphatic heterocycles. The molecule has 0 bridgehead atoms. The van der Waals surface area contributed by atoms with E-state index in [1.807, 2.05) is 24.3 Å². The lowest BCUT2D eigenvalue weighted by molar-refractivity contribution is -0.118. The van der Waals surface area contributed by atoms with E-state index in [2.05, 4.69) is 6.58 Å². The highest BCUT2D eigenvalue weighted by molar-refractivity contribution is 7.91. The quantitative estimate of drug-likeness (QED) is 0.729. The van der Waals surface area contributed by atoms with Gasteiger partial charge in [0.2, 0.25) is 5.91 Å². The number of para-hydroxylation sites is 1. The van der Waals surface area contributed by atoms with E-state index in [0.717, 1.165) is 35.4 Å². The van der Waals surface area contributed by atoms with Gasteiger partial charge >= 0.3 is 0 Å². The molecule has 0 N–H and O–H groups in total. The van der Waals surface area contributed by atoms with Gasteiger partial charge in [0, 0.05) is 18.8 Å². The zero-order valence-electron chi connectivity index (χ0n) is 13.8. The lowest BCUT2D eigenvalue weighted by atomic mass is 10.0. The number of thiophene rings is 1. The Balaban J connectivity index is 1.84. The molecule has 1 aromatic heterocycles. The SMILES string of the molecule is C=CCN(CC(=O)N1CCCc2ccccc21)S(=O)(=O)c1cccs1. The van der Waals surface area contributed by atoms with E-state index in [1.165, 1.54) is 10.4 Å². The number of carbonyl (C=O) groups excluding carboxylic acids is 1. The summed E-state index contributed by atoms with van der Waals surface area (Å²) in [6.07, 6.45) is 3.31. The van der Waals surface area contributed by atoms with Gasteiger partial charge in [-0.1, -0.05) is 30.3 Å². The van der Waals surface area contributed by atoms with Gasteiger partial charge < -0.3 is 4.90 Å². The number of anilines is 1. The smallest absolute Gasteiger partial charge is 0.253 e. The van der Waals surface area contributed by atoms with Crippen LogP contribution in [0.1, 0.15) is 12.0 Å². The summed E-state index contributed by atoms with van der Waals surface area (Å²) in [7, 11) is -3.70. The summed E-state index contributed by atoms with van der Waals surface area (Å²) >= 11 is 1.15. The second kappa shape index (κ2) is 7.51. The Labute approximate surface area is 152 Å². The number of fused-ring (bicyclic) bond motifs is 1. The Morgan fingerprint density at radius 3 is 2.80 bits per heavy atom. The minimum atomic E-state index is -3.70. The summed E-state index contributed by atoms with van der Waals surface area (Å²) in [5.74, 6) is -0.214. The van der Waals surface area contributed by atoms with Crippen molar-refractivity contribution < 1.29 is 13.2 Å². The Morgan fingerprint density at radius 2 is 2.08 bits per heavy atom. The highest BCUT2D eigenvalue weighted by Crippen LogP contribution is 2.27. The van der Waals surface area contributed by atoms with Gasteiger partial charge in [-0.05, 0) is 35.9 Å². The maximum Gasteiger partial charge on any atom is 0.253 e. The molecule has 5 nitrogen and oxygen atoms in total. The first-order chi connectivity index (χ1) is 12.0. The van der Waals surface area contributed by atoms with Crippen molar-refractivity contribution in [3.05, 3.63) is 60.0 Å². The van der Waals surface area contributed by atoms with Gasteiger partial charge in [-0.25, -0.2) is 8.42 Å². The van der Waals surface area contributed by atoms with Crippen molar-refractivity contribution in [2.45, 2.75) is 17.1 Å². The second-order valence-corrected chi connectivity index (χ2v) is 8.91. The average Bonchev–Trinajstić information content (AvgIpc) is 3.16. The predicted octanol–water partition coefficient (Wildman–Crippen LogP) is 2.90.